The number of nitrogens with zero attached hydrogens (tertiary/aromatic N) is 1. The zero-order valence-corrected chi connectivity index (χ0v) is 13.5. The summed E-state index contributed by atoms with van der Waals surface area (Å²) in [6, 6.07) is 0.647. The lowest BCUT2D eigenvalue weighted by Gasteiger charge is -2.42. The number of nitrogens with one attached hydrogen (secondary N) is 1. The van der Waals surface area contributed by atoms with E-state index in [2.05, 4.69) is 22.6 Å². The van der Waals surface area contributed by atoms with Crippen LogP contribution in [0.2, 0.25) is 0 Å². The third kappa shape index (κ3) is 3.43. The minimum absolute atomic E-state index is 0.647. The third-order valence-corrected chi connectivity index (χ3v) is 6.30. The molecular formula is C17H28N2S. The molecule has 1 heterocycles. The van der Waals surface area contributed by atoms with Crippen LogP contribution in [0.15, 0.2) is 11.6 Å². The summed E-state index contributed by atoms with van der Waals surface area (Å²) < 4.78 is 0. The molecule has 2 aliphatic carbocycles. The standard InChI is InChI=1S/C17H28N2S/c1-2-18-16(12-17-19-9-10-20-17)15-8-7-13-5-3-4-6-14(13)11-15/h9-10,13-16,18H,2-8,11-12H2,1H3. The van der Waals surface area contributed by atoms with Crippen LogP contribution < -0.4 is 5.32 Å². The highest BCUT2D eigenvalue weighted by atomic mass is 32.1. The second-order valence-corrected chi connectivity index (χ2v) is 7.65. The van der Waals surface area contributed by atoms with E-state index in [0.717, 1.165) is 30.7 Å². The van der Waals surface area contributed by atoms with Crippen molar-refractivity contribution in [2.75, 3.05) is 6.54 Å². The molecule has 0 amide bonds. The molecule has 4 unspecified atom stereocenters. The lowest BCUT2D eigenvalue weighted by atomic mass is 9.66. The largest absolute Gasteiger partial charge is 0.314 e. The minimum atomic E-state index is 0.647. The van der Waals surface area contributed by atoms with E-state index >= 15 is 0 Å². The van der Waals surface area contributed by atoms with Crippen molar-refractivity contribution in [3.05, 3.63) is 16.6 Å². The van der Waals surface area contributed by atoms with Gasteiger partial charge in [-0.2, -0.15) is 0 Å². The monoisotopic (exact) mass is 292 g/mol. The molecule has 20 heavy (non-hydrogen) atoms. The normalized spacial score (nSPS) is 31.8. The number of fused-ring (bicyclic) bond motifs is 1. The fourth-order valence-corrected chi connectivity index (χ4v) is 5.16. The van der Waals surface area contributed by atoms with Crippen molar-refractivity contribution in [3.8, 4) is 0 Å². The van der Waals surface area contributed by atoms with Crippen molar-refractivity contribution in [2.24, 2.45) is 17.8 Å². The average molecular weight is 292 g/mol. The first kappa shape index (κ1) is 14.5. The smallest absolute Gasteiger partial charge is 0.0940 e. The van der Waals surface area contributed by atoms with Gasteiger partial charge in [-0.15, -0.1) is 11.3 Å². The Hall–Kier alpha value is -0.410. The summed E-state index contributed by atoms with van der Waals surface area (Å²) in [5.41, 5.74) is 0. The summed E-state index contributed by atoms with van der Waals surface area (Å²) in [6.07, 6.45) is 13.4. The highest BCUT2D eigenvalue weighted by molar-refractivity contribution is 7.09. The zero-order chi connectivity index (χ0) is 13.8. The van der Waals surface area contributed by atoms with Gasteiger partial charge in [0, 0.05) is 24.0 Å². The first-order chi connectivity index (χ1) is 9.86. The van der Waals surface area contributed by atoms with Crippen LogP contribution in [0.3, 0.4) is 0 Å². The van der Waals surface area contributed by atoms with Crippen LogP contribution in [0, 0.1) is 17.8 Å². The Balaban J connectivity index is 1.62. The Bertz CT molecular complexity index is 390. The van der Waals surface area contributed by atoms with Crippen molar-refractivity contribution in [2.45, 2.75) is 64.3 Å². The van der Waals surface area contributed by atoms with Crippen molar-refractivity contribution in [1.29, 1.82) is 0 Å². The molecule has 2 fully saturated rings. The molecule has 0 radical (unpaired) electrons. The summed E-state index contributed by atoms with van der Waals surface area (Å²) in [6.45, 7) is 3.32. The molecule has 1 aromatic rings. The van der Waals surface area contributed by atoms with Gasteiger partial charge in [-0.1, -0.05) is 32.6 Å². The second-order valence-electron chi connectivity index (χ2n) is 6.67. The van der Waals surface area contributed by atoms with E-state index < -0.39 is 0 Å². The molecule has 1 aromatic heterocycles. The van der Waals surface area contributed by atoms with Gasteiger partial charge in [-0.25, -0.2) is 4.98 Å². The number of hydrogen-bond acceptors (Lipinski definition) is 3. The predicted octanol–water partition coefficient (Wildman–Crippen LogP) is 4.27. The SMILES string of the molecule is CCNC(Cc1nccs1)C1CCC2CCCCC2C1. The lowest BCUT2D eigenvalue weighted by molar-refractivity contribution is 0.109. The number of likely N-dealkylation sites (N-methyl/N-ethyl adjacent to an activating group) is 1. The van der Waals surface area contributed by atoms with E-state index in [0.29, 0.717) is 6.04 Å². The zero-order valence-electron chi connectivity index (χ0n) is 12.7. The van der Waals surface area contributed by atoms with Gasteiger partial charge in [0.1, 0.15) is 0 Å². The van der Waals surface area contributed by atoms with Crippen molar-refractivity contribution in [3.63, 3.8) is 0 Å². The first-order valence-electron chi connectivity index (χ1n) is 8.48. The number of hydrogen-bond donors (Lipinski definition) is 1. The van der Waals surface area contributed by atoms with E-state index in [4.69, 9.17) is 0 Å². The molecule has 4 atom stereocenters. The van der Waals surface area contributed by atoms with Gasteiger partial charge in [-0.05, 0) is 43.6 Å². The van der Waals surface area contributed by atoms with Gasteiger partial charge in [0.25, 0.3) is 0 Å². The van der Waals surface area contributed by atoms with Gasteiger partial charge in [0.15, 0.2) is 0 Å². The molecule has 0 aliphatic heterocycles. The van der Waals surface area contributed by atoms with Crippen LogP contribution in [0.5, 0.6) is 0 Å². The second kappa shape index (κ2) is 7.04. The quantitative estimate of drug-likeness (QED) is 0.876. The van der Waals surface area contributed by atoms with E-state index in [1.807, 2.05) is 17.5 Å². The Labute approximate surface area is 127 Å². The Kier molecular flexibility index (Phi) is 5.11. The molecular weight excluding hydrogens is 264 g/mol. The van der Waals surface area contributed by atoms with Crippen LogP contribution in [-0.2, 0) is 6.42 Å². The van der Waals surface area contributed by atoms with Gasteiger partial charge < -0.3 is 5.32 Å². The Morgan fingerprint density at radius 3 is 2.85 bits per heavy atom. The van der Waals surface area contributed by atoms with E-state index in [1.54, 1.807) is 0 Å². The Morgan fingerprint density at radius 1 is 1.25 bits per heavy atom. The maximum Gasteiger partial charge on any atom is 0.0940 e. The van der Waals surface area contributed by atoms with Gasteiger partial charge >= 0.3 is 0 Å². The van der Waals surface area contributed by atoms with Gasteiger partial charge in [0.05, 0.1) is 5.01 Å². The highest BCUT2D eigenvalue weighted by Gasteiger charge is 2.35. The molecule has 2 nitrogen and oxygen atoms in total. The van der Waals surface area contributed by atoms with E-state index in [9.17, 15) is 0 Å². The molecule has 1 N–H and O–H groups in total. The molecule has 0 bridgehead atoms. The van der Waals surface area contributed by atoms with Crippen molar-refractivity contribution in [1.82, 2.24) is 10.3 Å². The fraction of sp³-hybridized carbons (Fsp3) is 0.824. The predicted molar refractivity (Wildman–Crippen MR) is 86.1 cm³/mol. The molecule has 2 saturated carbocycles. The van der Waals surface area contributed by atoms with Crippen LogP contribution >= 0.6 is 11.3 Å². The number of rotatable bonds is 5. The molecule has 2 aliphatic rings. The molecule has 112 valence electrons. The van der Waals surface area contributed by atoms with Crippen LogP contribution in [0.4, 0.5) is 0 Å². The molecule has 0 aromatic carbocycles. The van der Waals surface area contributed by atoms with E-state index in [-0.39, 0.29) is 0 Å². The first-order valence-corrected chi connectivity index (χ1v) is 9.36. The van der Waals surface area contributed by atoms with Crippen LogP contribution in [0.25, 0.3) is 0 Å². The van der Waals surface area contributed by atoms with Crippen LogP contribution in [0.1, 0.15) is 56.9 Å². The Morgan fingerprint density at radius 2 is 2.10 bits per heavy atom. The van der Waals surface area contributed by atoms with Gasteiger partial charge in [0.2, 0.25) is 0 Å². The summed E-state index contributed by atoms with van der Waals surface area (Å²) in [5.74, 6) is 2.96. The molecule has 0 spiro atoms. The summed E-state index contributed by atoms with van der Waals surface area (Å²) in [4.78, 5) is 4.49. The van der Waals surface area contributed by atoms with Crippen LogP contribution in [-0.4, -0.2) is 17.6 Å². The lowest BCUT2D eigenvalue weighted by Crippen LogP contribution is -2.42. The topological polar surface area (TPSA) is 24.9 Å². The molecule has 3 rings (SSSR count). The molecule has 0 saturated heterocycles. The minimum Gasteiger partial charge on any atom is -0.314 e. The fourth-order valence-electron chi connectivity index (χ4n) is 4.48. The van der Waals surface area contributed by atoms with E-state index in [1.165, 1.54) is 50.0 Å². The van der Waals surface area contributed by atoms with Crippen molar-refractivity contribution < 1.29 is 0 Å². The summed E-state index contributed by atoms with van der Waals surface area (Å²) in [5, 5.41) is 7.17. The van der Waals surface area contributed by atoms with Crippen molar-refractivity contribution >= 4 is 11.3 Å². The third-order valence-electron chi connectivity index (χ3n) is 5.49. The molecule has 3 heteroatoms. The summed E-state index contributed by atoms with van der Waals surface area (Å²) >= 11 is 1.81. The number of aromatic nitrogens is 1. The highest BCUT2D eigenvalue weighted by Crippen LogP contribution is 2.43. The number of thiazole rings is 1. The maximum atomic E-state index is 4.49. The van der Waals surface area contributed by atoms with Gasteiger partial charge in [-0.3, -0.25) is 0 Å². The average Bonchev–Trinajstić information content (AvgIpc) is 2.99. The summed E-state index contributed by atoms with van der Waals surface area (Å²) in [7, 11) is 0. The maximum absolute atomic E-state index is 4.49.